The molecule has 0 radical (unpaired) electrons. The van der Waals surface area contributed by atoms with Crippen molar-refractivity contribution in [3.05, 3.63) is 34.1 Å². The highest BCUT2D eigenvalue weighted by molar-refractivity contribution is 9.10. The van der Waals surface area contributed by atoms with Gasteiger partial charge in [-0.15, -0.1) is 0 Å². The van der Waals surface area contributed by atoms with Gasteiger partial charge < -0.3 is 4.90 Å². The number of amides is 1. The number of rotatable bonds is 6. The predicted molar refractivity (Wildman–Crippen MR) is 79.7 cm³/mol. The normalized spacial score (nSPS) is 10.8. The topological polar surface area (TPSA) is 20.3 Å². The minimum atomic E-state index is -0.476. The number of halogens is 2. The Labute approximate surface area is 123 Å². The standard InChI is InChI=1S/C15H21BrFNO/c1-4-11(5-2)10-18(6-3)15(19)12-8-7-9-13(16)14(12)17/h7-9,11H,4-6,10H2,1-3H3. The largest absolute Gasteiger partial charge is 0.339 e. The average Bonchev–Trinajstić information content (AvgIpc) is 2.43. The number of nitrogens with zero attached hydrogens (tertiary/aromatic N) is 1. The van der Waals surface area contributed by atoms with E-state index in [1.165, 1.54) is 6.07 Å². The van der Waals surface area contributed by atoms with Gasteiger partial charge in [-0.1, -0.05) is 32.8 Å². The third kappa shape index (κ3) is 4.03. The number of hydrogen-bond donors (Lipinski definition) is 0. The summed E-state index contributed by atoms with van der Waals surface area (Å²) in [5.41, 5.74) is 0.141. The van der Waals surface area contributed by atoms with Crippen molar-refractivity contribution in [2.24, 2.45) is 5.92 Å². The van der Waals surface area contributed by atoms with Crippen LogP contribution in [-0.2, 0) is 0 Å². The van der Waals surface area contributed by atoms with Gasteiger partial charge in [-0.3, -0.25) is 4.79 Å². The van der Waals surface area contributed by atoms with Crippen molar-refractivity contribution in [1.82, 2.24) is 4.90 Å². The summed E-state index contributed by atoms with van der Waals surface area (Å²) in [6.07, 6.45) is 2.06. The van der Waals surface area contributed by atoms with Crippen LogP contribution in [0, 0.1) is 11.7 Å². The minimum absolute atomic E-state index is 0.141. The van der Waals surface area contributed by atoms with E-state index in [4.69, 9.17) is 0 Å². The molecule has 4 heteroatoms. The van der Waals surface area contributed by atoms with Crippen LogP contribution in [0.15, 0.2) is 22.7 Å². The van der Waals surface area contributed by atoms with Gasteiger partial charge in [0.05, 0.1) is 10.0 Å². The molecule has 0 aliphatic carbocycles. The van der Waals surface area contributed by atoms with E-state index in [0.29, 0.717) is 23.5 Å². The Bertz CT molecular complexity index is 432. The lowest BCUT2D eigenvalue weighted by molar-refractivity contribution is 0.0730. The monoisotopic (exact) mass is 329 g/mol. The average molecular weight is 330 g/mol. The zero-order chi connectivity index (χ0) is 14.4. The predicted octanol–water partition coefficient (Wildman–Crippen LogP) is 4.49. The first-order valence-electron chi connectivity index (χ1n) is 6.78. The van der Waals surface area contributed by atoms with Crippen molar-refractivity contribution >= 4 is 21.8 Å². The molecule has 0 bridgehead atoms. The zero-order valence-electron chi connectivity index (χ0n) is 11.7. The Balaban J connectivity index is 2.92. The van der Waals surface area contributed by atoms with Gasteiger partial charge in [0.15, 0.2) is 0 Å². The number of carbonyl (C=O) groups excluding carboxylic acids is 1. The molecule has 0 fully saturated rings. The van der Waals surface area contributed by atoms with E-state index in [1.807, 2.05) is 6.92 Å². The summed E-state index contributed by atoms with van der Waals surface area (Å²) < 4.78 is 14.3. The van der Waals surface area contributed by atoms with Gasteiger partial charge >= 0.3 is 0 Å². The van der Waals surface area contributed by atoms with E-state index in [9.17, 15) is 9.18 Å². The molecule has 1 amide bonds. The molecule has 19 heavy (non-hydrogen) atoms. The van der Waals surface area contributed by atoms with Gasteiger partial charge in [0, 0.05) is 13.1 Å². The molecule has 0 saturated carbocycles. The number of carbonyl (C=O) groups is 1. The van der Waals surface area contributed by atoms with Crippen LogP contribution in [0.1, 0.15) is 44.0 Å². The van der Waals surface area contributed by atoms with Crippen LogP contribution >= 0.6 is 15.9 Å². The van der Waals surface area contributed by atoms with Crippen LogP contribution in [-0.4, -0.2) is 23.9 Å². The summed E-state index contributed by atoms with van der Waals surface area (Å²) in [6.45, 7) is 7.45. The van der Waals surface area contributed by atoms with E-state index >= 15 is 0 Å². The number of hydrogen-bond acceptors (Lipinski definition) is 1. The van der Waals surface area contributed by atoms with Gasteiger partial charge in [-0.2, -0.15) is 0 Å². The molecule has 106 valence electrons. The fraction of sp³-hybridized carbons (Fsp3) is 0.533. The Morgan fingerprint density at radius 1 is 1.32 bits per heavy atom. The fourth-order valence-corrected chi connectivity index (χ4v) is 2.42. The van der Waals surface area contributed by atoms with Gasteiger partial charge in [0.25, 0.3) is 5.91 Å². The quantitative estimate of drug-likeness (QED) is 0.753. The smallest absolute Gasteiger partial charge is 0.256 e. The molecule has 1 aromatic carbocycles. The van der Waals surface area contributed by atoms with E-state index < -0.39 is 5.82 Å². The second-order valence-electron chi connectivity index (χ2n) is 4.63. The minimum Gasteiger partial charge on any atom is -0.339 e. The molecule has 0 saturated heterocycles. The molecule has 1 aromatic rings. The first-order chi connectivity index (χ1) is 9.04. The van der Waals surface area contributed by atoms with Crippen LogP contribution in [0.3, 0.4) is 0 Å². The Hall–Kier alpha value is -0.900. The molecule has 0 N–H and O–H groups in total. The molecular formula is C15H21BrFNO. The maximum atomic E-state index is 14.0. The molecule has 1 rings (SSSR count). The first-order valence-corrected chi connectivity index (χ1v) is 7.57. The van der Waals surface area contributed by atoms with Crippen LogP contribution in [0.2, 0.25) is 0 Å². The fourth-order valence-electron chi connectivity index (χ4n) is 2.05. The second-order valence-corrected chi connectivity index (χ2v) is 5.48. The Morgan fingerprint density at radius 2 is 1.95 bits per heavy atom. The molecular weight excluding hydrogens is 309 g/mol. The van der Waals surface area contributed by atoms with Gasteiger partial charge in [0.2, 0.25) is 0 Å². The Morgan fingerprint density at radius 3 is 2.47 bits per heavy atom. The summed E-state index contributed by atoms with van der Waals surface area (Å²) in [4.78, 5) is 14.1. The molecule has 0 aliphatic rings. The van der Waals surface area contributed by atoms with E-state index in [-0.39, 0.29) is 11.5 Å². The Kier molecular flexibility index (Phi) is 6.49. The molecule has 0 unspecified atom stereocenters. The van der Waals surface area contributed by atoms with Crippen LogP contribution in [0.5, 0.6) is 0 Å². The summed E-state index contributed by atoms with van der Waals surface area (Å²) >= 11 is 3.12. The highest BCUT2D eigenvalue weighted by Gasteiger charge is 2.21. The molecule has 0 spiro atoms. The van der Waals surface area contributed by atoms with Gasteiger partial charge in [-0.05, 0) is 40.9 Å². The van der Waals surface area contributed by atoms with Crippen molar-refractivity contribution in [3.8, 4) is 0 Å². The lowest BCUT2D eigenvalue weighted by Crippen LogP contribution is -2.35. The third-order valence-corrected chi connectivity index (χ3v) is 4.10. The van der Waals surface area contributed by atoms with Crippen molar-refractivity contribution in [1.29, 1.82) is 0 Å². The highest BCUT2D eigenvalue weighted by Crippen LogP contribution is 2.21. The molecule has 0 aromatic heterocycles. The summed E-state index contributed by atoms with van der Waals surface area (Å²) in [5.74, 6) is -0.234. The van der Waals surface area contributed by atoms with Crippen LogP contribution in [0.4, 0.5) is 4.39 Å². The highest BCUT2D eigenvalue weighted by atomic mass is 79.9. The zero-order valence-corrected chi connectivity index (χ0v) is 13.3. The van der Waals surface area contributed by atoms with E-state index in [2.05, 4.69) is 29.8 Å². The SMILES string of the molecule is CCC(CC)CN(CC)C(=O)c1cccc(Br)c1F. The van der Waals surface area contributed by atoms with Crippen molar-refractivity contribution in [2.45, 2.75) is 33.6 Å². The first kappa shape index (κ1) is 16.2. The second kappa shape index (κ2) is 7.63. The van der Waals surface area contributed by atoms with Crippen molar-refractivity contribution in [3.63, 3.8) is 0 Å². The van der Waals surface area contributed by atoms with Gasteiger partial charge in [-0.25, -0.2) is 4.39 Å². The molecule has 0 atom stereocenters. The van der Waals surface area contributed by atoms with Crippen LogP contribution in [0.25, 0.3) is 0 Å². The summed E-state index contributed by atoms with van der Waals surface area (Å²) in [6, 6.07) is 4.83. The molecule has 0 heterocycles. The lowest BCUT2D eigenvalue weighted by atomic mass is 10.0. The molecule has 0 aliphatic heterocycles. The number of benzene rings is 1. The maximum Gasteiger partial charge on any atom is 0.256 e. The van der Waals surface area contributed by atoms with Crippen molar-refractivity contribution in [2.75, 3.05) is 13.1 Å². The summed E-state index contributed by atoms with van der Waals surface area (Å²) in [5, 5.41) is 0. The van der Waals surface area contributed by atoms with Crippen LogP contribution < -0.4 is 0 Å². The van der Waals surface area contributed by atoms with Crippen molar-refractivity contribution < 1.29 is 9.18 Å². The van der Waals surface area contributed by atoms with E-state index in [0.717, 1.165) is 12.8 Å². The van der Waals surface area contributed by atoms with E-state index in [1.54, 1.807) is 17.0 Å². The maximum absolute atomic E-state index is 14.0. The van der Waals surface area contributed by atoms with Gasteiger partial charge in [0.1, 0.15) is 5.82 Å². The molecule has 2 nitrogen and oxygen atoms in total. The summed E-state index contributed by atoms with van der Waals surface area (Å²) in [7, 11) is 0. The lowest BCUT2D eigenvalue weighted by Gasteiger charge is -2.25. The third-order valence-electron chi connectivity index (χ3n) is 3.48.